The predicted molar refractivity (Wildman–Crippen MR) is 57.2 cm³/mol. The Morgan fingerprint density at radius 2 is 2.13 bits per heavy atom. The Kier molecular flexibility index (Phi) is 4.24. The molecule has 15 heavy (non-hydrogen) atoms. The van der Waals surface area contributed by atoms with Gasteiger partial charge < -0.3 is 4.74 Å². The van der Waals surface area contributed by atoms with E-state index in [1.54, 1.807) is 12.4 Å². The molecule has 1 heterocycles. The Morgan fingerprint density at radius 1 is 1.53 bits per heavy atom. The molecule has 0 aliphatic carbocycles. The maximum Gasteiger partial charge on any atom is 0.322 e. The van der Waals surface area contributed by atoms with Gasteiger partial charge in [-0.05, 0) is 31.7 Å². The highest BCUT2D eigenvalue weighted by molar-refractivity contribution is 5.75. The van der Waals surface area contributed by atoms with Crippen LogP contribution < -0.4 is 0 Å². The molecule has 1 rings (SSSR count). The lowest BCUT2D eigenvalue weighted by Gasteiger charge is -2.22. The molecule has 4 heteroatoms. The lowest BCUT2D eigenvalue weighted by molar-refractivity contribution is -0.145. The molecule has 0 aliphatic heterocycles. The zero-order valence-corrected chi connectivity index (χ0v) is 9.30. The number of aromatic nitrogens is 1. The van der Waals surface area contributed by atoms with E-state index < -0.39 is 0 Å². The van der Waals surface area contributed by atoms with Crippen LogP contribution in [-0.2, 0) is 16.1 Å². The second kappa shape index (κ2) is 5.46. The average molecular weight is 208 g/mol. The van der Waals surface area contributed by atoms with Crippen LogP contribution in [0.4, 0.5) is 0 Å². The minimum atomic E-state index is -0.233. The predicted octanol–water partition coefficient (Wildman–Crippen LogP) is 1.07. The van der Waals surface area contributed by atoms with E-state index in [4.69, 9.17) is 0 Å². The molecule has 4 nitrogen and oxygen atoms in total. The fourth-order valence-corrected chi connectivity index (χ4v) is 1.26. The van der Waals surface area contributed by atoms with Crippen LogP contribution >= 0.6 is 0 Å². The van der Waals surface area contributed by atoms with E-state index in [1.165, 1.54) is 7.11 Å². The molecule has 0 radical (unpaired) electrons. The average Bonchev–Trinajstić information content (AvgIpc) is 2.28. The summed E-state index contributed by atoms with van der Waals surface area (Å²) < 4.78 is 4.68. The van der Waals surface area contributed by atoms with Gasteiger partial charge in [-0.25, -0.2) is 0 Å². The zero-order chi connectivity index (χ0) is 11.3. The van der Waals surface area contributed by atoms with Crippen LogP contribution in [0.2, 0.25) is 0 Å². The molecule has 1 aromatic rings. The first-order chi connectivity index (χ1) is 7.15. The third kappa shape index (κ3) is 3.32. The van der Waals surface area contributed by atoms with Gasteiger partial charge in [0.2, 0.25) is 0 Å². The smallest absolute Gasteiger partial charge is 0.322 e. The van der Waals surface area contributed by atoms with Crippen LogP contribution in [-0.4, -0.2) is 36.1 Å². The summed E-state index contributed by atoms with van der Waals surface area (Å²) in [7, 11) is 3.29. The van der Waals surface area contributed by atoms with E-state index in [9.17, 15) is 4.79 Å². The summed E-state index contributed by atoms with van der Waals surface area (Å²) in [6.45, 7) is 2.53. The maximum atomic E-state index is 11.3. The highest BCUT2D eigenvalue weighted by Crippen LogP contribution is 2.05. The van der Waals surface area contributed by atoms with Gasteiger partial charge in [0.15, 0.2) is 0 Å². The van der Waals surface area contributed by atoms with E-state index in [0.717, 1.165) is 5.56 Å². The second-order valence-corrected chi connectivity index (χ2v) is 3.47. The van der Waals surface area contributed by atoms with Crippen molar-refractivity contribution in [2.45, 2.75) is 19.5 Å². The number of hydrogen-bond acceptors (Lipinski definition) is 4. The summed E-state index contributed by atoms with van der Waals surface area (Å²) in [6.07, 6.45) is 3.48. The van der Waals surface area contributed by atoms with Crippen LogP contribution in [0.1, 0.15) is 12.5 Å². The standard InChI is InChI=1S/C11H16N2O2/c1-9(11(14)15-3)13(2)8-10-4-6-12-7-5-10/h4-7,9H,8H2,1-3H3/t9-/m1/s1. The molecule has 82 valence electrons. The van der Waals surface area contributed by atoms with Gasteiger partial charge in [0, 0.05) is 18.9 Å². The molecule has 0 saturated heterocycles. The van der Waals surface area contributed by atoms with Crippen molar-refractivity contribution in [3.8, 4) is 0 Å². The van der Waals surface area contributed by atoms with Gasteiger partial charge in [-0.15, -0.1) is 0 Å². The summed E-state index contributed by atoms with van der Waals surface area (Å²) in [5, 5.41) is 0. The Labute approximate surface area is 89.9 Å². The van der Waals surface area contributed by atoms with Crippen LogP contribution in [0.3, 0.4) is 0 Å². The molecule has 0 spiro atoms. The first-order valence-corrected chi connectivity index (χ1v) is 4.82. The lowest BCUT2D eigenvalue weighted by Crippen LogP contribution is -2.36. The highest BCUT2D eigenvalue weighted by atomic mass is 16.5. The number of ether oxygens (including phenoxy) is 1. The number of nitrogens with zero attached hydrogens (tertiary/aromatic N) is 2. The summed E-state index contributed by atoms with van der Waals surface area (Å²) >= 11 is 0. The van der Waals surface area contributed by atoms with Gasteiger partial charge >= 0.3 is 5.97 Å². The van der Waals surface area contributed by atoms with Crippen LogP contribution in [0, 0.1) is 0 Å². The topological polar surface area (TPSA) is 42.4 Å². The van der Waals surface area contributed by atoms with Gasteiger partial charge in [-0.3, -0.25) is 14.7 Å². The number of esters is 1. The van der Waals surface area contributed by atoms with Crippen molar-refractivity contribution in [3.05, 3.63) is 30.1 Å². The van der Waals surface area contributed by atoms with Crippen LogP contribution in [0.15, 0.2) is 24.5 Å². The fourth-order valence-electron chi connectivity index (χ4n) is 1.26. The number of methoxy groups -OCH3 is 1. The molecule has 0 unspecified atom stereocenters. The van der Waals surface area contributed by atoms with Crippen molar-refractivity contribution in [1.29, 1.82) is 0 Å². The number of likely N-dealkylation sites (N-methyl/N-ethyl adjacent to an activating group) is 1. The molecule has 0 aromatic carbocycles. The summed E-state index contributed by atoms with van der Waals surface area (Å²) in [5.74, 6) is -0.216. The molecule has 0 saturated carbocycles. The molecule has 0 N–H and O–H groups in total. The Balaban J connectivity index is 2.56. The third-order valence-corrected chi connectivity index (χ3v) is 2.38. The molecular formula is C11H16N2O2. The van der Waals surface area contributed by atoms with Gasteiger partial charge in [0.05, 0.1) is 7.11 Å². The summed E-state index contributed by atoms with van der Waals surface area (Å²) in [4.78, 5) is 17.1. The molecule has 1 atom stereocenters. The van der Waals surface area contributed by atoms with Crippen molar-refractivity contribution in [2.24, 2.45) is 0 Å². The minimum Gasteiger partial charge on any atom is -0.468 e. The fraction of sp³-hybridized carbons (Fsp3) is 0.455. The molecule has 1 aromatic heterocycles. The highest BCUT2D eigenvalue weighted by Gasteiger charge is 2.18. The number of pyridine rings is 1. The Bertz CT molecular complexity index is 314. The number of carbonyl (C=O) groups is 1. The molecular weight excluding hydrogens is 192 g/mol. The lowest BCUT2D eigenvalue weighted by atomic mass is 10.2. The van der Waals surface area contributed by atoms with E-state index in [0.29, 0.717) is 6.54 Å². The quantitative estimate of drug-likeness (QED) is 0.694. The number of carbonyl (C=O) groups excluding carboxylic acids is 1. The largest absolute Gasteiger partial charge is 0.468 e. The SMILES string of the molecule is COC(=O)[C@@H](C)N(C)Cc1ccncc1. The van der Waals surface area contributed by atoms with Crippen molar-refractivity contribution in [2.75, 3.05) is 14.2 Å². The van der Waals surface area contributed by atoms with Crippen molar-refractivity contribution >= 4 is 5.97 Å². The molecule has 0 fully saturated rings. The molecule has 0 amide bonds. The van der Waals surface area contributed by atoms with E-state index in [2.05, 4.69) is 9.72 Å². The minimum absolute atomic E-state index is 0.216. The maximum absolute atomic E-state index is 11.3. The first-order valence-electron chi connectivity index (χ1n) is 4.82. The summed E-state index contributed by atoms with van der Waals surface area (Å²) in [6, 6.07) is 3.63. The normalized spacial score (nSPS) is 12.5. The summed E-state index contributed by atoms with van der Waals surface area (Å²) in [5.41, 5.74) is 1.13. The Morgan fingerprint density at radius 3 is 2.67 bits per heavy atom. The Hall–Kier alpha value is -1.42. The second-order valence-electron chi connectivity index (χ2n) is 3.47. The van der Waals surface area contributed by atoms with E-state index >= 15 is 0 Å². The number of hydrogen-bond donors (Lipinski definition) is 0. The van der Waals surface area contributed by atoms with Crippen molar-refractivity contribution in [3.63, 3.8) is 0 Å². The van der Waals surface area contributed by atoms with E-state index in [-0.39, 0.29) is 12.0 Å². The molecule has 0 bridgehead atoms. The van der Waals surface area contributed by atoms with Gasteiger partial charge in [-0.2, -0.15) is 0 Å². The molecule has 0 aliphatic rings. The van der Waals surface area contributed by atoms with Crippen LogP contribution in [0.5, 0.6) is 0 Å². The van der Waals surface area contributed by atoms with Crippen LogP contribution in [0.25, 0.3) is 0 Å². The number of rotatable bonds is 4. The van der Waals surface area contributed by atoms with Crippen molar-refractivity contribution < 1.29 is 9.53 Å². The first kappa shape index (κ1) is 11.7. The van der Waals surface area contributed by atoms with Gasteiger partial charge in [0.1, 0.15) is 6.04 Å². The van der Waals surface area contributed by atoms with Gasteiger partial charge in [-0.1, -0.05) is 0 Å². The zero-order valence-electron chi connectivity index (χ0n) is 9.30. The van der Waals surface area contributed by atoms with Crippen molar-refractivity contribution in [1.82, 2.24) is 9.88 Å². The van der Waals surface area contributed by atoms with E-state index in [1.807, 2.05) is 31.0 Å². The third-order valence-electron chi connectivity index (χ3n) is 2.38. The van der Waals surface area contributed by atoms with Gasteiger partial charge in [0.25, 0.3) is 0 Å². The monoisotopic (exact) mass is 208 g/mol.